The summed E-state index contributed by atoms with van der Waals surface area (Å²) in [6.45, 7) is 3.69. The van der Waals surface area contributed by atoms with Crippen molar-refractivity contribution in [3.05, 3.63) is 65.5 Å². The van der Waals surface area contributed by atoms with Crippen molar-refractivity contribution in [2.24, 2.45) is 0 Å². The first-order chi connectivity index (χ1) is 9.95. The van der Waals surface area contributed by atoms with Gasteiger partial charge in [0.15, 0.2) is 5.54 Å². The minimum atomic E-state index is -1.09. The molecule has 2 aromatic carbocycles. The fraction of sp³-hybridized carbons (Fsp3) is 0.235. The third kappa shape index (κ3) is 3.21. The average molecular weight is 287 g/mol. The fourth-order valence-electron chi connectivity index (χ4n) is 2.19. The topological polar surface area (TPSA) is 38.3 Å². The molecular weight excluding hydrogens is 269 g/mol. The Balaban J connectivity index is 2.42. The molecule has 2 rings (SSSR count). The van der Waals surface area contributed by atoms with E-state index in [2.05, 4.69) is 5.32 Å². The Labute approximate surface area is 123 Å². The van der Waals surface area contributed by atoms with Gasteiger partial charge in [-0.05, 0) is 37.6 Å². The predicted octanol–water partition coefficient (Wildman–Crippen LogP) is 3.63. The molecule has 110 valence electrons. The zero-order chi connectivity index (χ0) is 15.5. The third-order valence-corrected chi connectivity index (χ3v) is 3.44. The monoisotopic (exact) mass is 287 g/mol. The molecule has 1 N–H and O–H groups in total. The Morgan fingerprint density at radius 3 is 2.43 bits per heavy atom. The van der Waals surface area contributed by atoms with Crippen molar-refractivity contribution in [2.45, 2.75) is 19.4 Å². The third-order valence-electron chi connectivity index (χ3n) is 3.44. The smallest absolute Gasteiger partial charge is 0.335 e. The van der Waals surface area contributed by atoms with Gasteiger partial charge in [-0.1, -0.05) is 35.9 Å². The van der Waals surface area contributed by atoms with Crippen molar-refractivity contribution in [2.75, 3.05) is 12.4 Å². The highest BCUT2D eigenvalue weighted by Gasteiger charge is 2.36. The molecule has 0 aliphatic heterocycles. The molecule has 0 aliphatic carbocycles. The summed E-state index contributed by atoms with van der Waals surface area (Å²) in [5.74, 6) is -0.799. The van der Waals surface area contributed by atoms with Gasteiger partial charge >= 0.3 is 5.97 Å². The van der Waals surface area contributed by atoms with Crippen LogP contribution in [0.1, 0.15) is 18.1 Å². The number of methoxy groups -OCH3 is 1. The molecule has 21 heavy (non-hydrogen) atoms. The van der Waals surface area contributed by atoms with Crippen molar-refractivity contribution in [3.63, 3.8) is 0 Å². The maximum Gasteiger partial charge on any atom is 0.335 e. The SMILES string of the molecule is COC(=O)C(C)(Nc1cccc(F)c1)c1ccc(C)cc1. The van der Waals surface area contributed by atoms with Gasteiger partial charge in [-0.25, -0.2) is 9.18 Å². The van der Waals surface area contributed by atoms with E-state index in [1.54, 1.807) is 19.1 Å². The van der Waals surface area contributed by atoms with Gasteiger partial charge in [0.05, 0.1) is 7.11 Å². The van der Waals surface area contributed by atoms with Crippen LogP contribution in [0.25, 0.3) is 0 Å². The highest BCUT2D eigenvalue weighted by atomic mass is 19.1. The molecule has 0 fully saturated rings. The average Bonchev–Trinajstić information content (AvgIpc) is 2.46. The van der Waals surface area contributed by atoms with Crippen molar-refractivity contribution >= 4 is 11.7 Å². The summed E-state index contributed by atoms with van der Waals surface area (Å²) in [4.78, 5) is 12.2. The number of benzene rings is 2. The number of carbonyl (C=O) groups is 1. The van der Waals surface area contributed by atoms with E-state index in [1.165, 1.54) is 19.2 Å². The first-order valence-corrected chi connectivity index (χ1v) is 6.65. The number of aryl methyl sites for hydroxylation is 1. The van der Waals surface area contributed by atoms with Crippen LogP contribution in [0.15, 0.2) is 48.5 Å². The number of hydrogen-bond donors (Lipinski definition) is 1. The Kier molecular flexibility index (Phi) is 4.26. The molecule has 0 bridgehead atoms. The molecule has 1 unspecified atom stereocenters. The standard InChI is InChI=1S/C17H18FNO2/c1-12-7-9-13(10-8-12)17(2,16(20)21-3)19-15-6-4-5-14(18)11-15/h4-11,19H,1-3H3. The number of nitrogens with one attached hydrogen (secondary N) is 1. The van der Waals surface area contributed by atoms with Crippen LogP contribution in [0, 0.1) is 12.7 Å². The summed E-state index contributed by atoms with van der Waals surface area (Å²) in [6.07, 6.45) is 0. The van der Waals surface area contributed by atoms with Crippen molar-refractivity contribution in [1.82, 2.24) is 0 Å². The van der Waals surface area contributed by atoms with E-state index in [0.717, 1.165) is 11.1 Å². The zero-order valence-electron chi connectivity index (χ0n) is 12.3. The highest BCUT2D eigenvalue weighted by Crippen LogP contribution is 2.28. The summed E-state index contributed by atoms with van der Waals surface area (Å²) in [7, 11) is 1.34. The Morgan fingerprint density at radius 1 is 1.19 bits per heavy atom. The lowest BCUT2D eigenvalue weighted by molar-refractivity contribution is -0.145. The van der Waals surface area contributed by atoms with Gasteiger partial charge in [-0.15, -0.1) is 0 Å². The van der Waals surface area contributed by atoms with Crippen LogP contribution in [-0.4, -0.2) is 13.1 Å². The lowest BCUT2D eigenvalue weighted by Crippen LogP contribution is -2.41. The van der Waals surface area contributed by atoms with Crippen LogP contribution < -0.4 is 5.32 Å². The minimum absolute atomic E-state index is 0.365. The zero-order valence-corrected chi connectivity index (χ0v) is 12.3. The molecular formula is C17H18FNO2. The Morgan fingerprint density at radius 2 is 1.86 bits per heavy atom. The lowest BCUT2D eigenvalue weighted by atomic mass is 9.91. The number of rotatable bonds is 4. The molecule has 4 heteroatoms. The summed E-state index contributed by atoms with van der Waals surface area (Å²) in [6, 6.07) is 13.6. The van der Waals surface area contributed by atoms with E-state index in [-0.39, 0.29) is 5.82 Å². The second kappa shape index (κ2) is 5.95. The van der Waals surface area contributed by atoms with Crippen LogP contribution in [0.4, 0.5) is 10.1 Å². The number of halogens is 1. The van der Waals surface area contributed by atoms with E-state index in [4.69, 9.17) is 4.74 Å². The van der Waals surface area contributed by atoms with E-state index in [9.17, 15) is 9.18 Å². The Bertz CT molecular complexity index is 639. The molecule has 0 aromatic heterocycles. The van der Waals surface area contributed by atoms with Crippen molar-refractivity contribution in [1.29, 1.82) is 0 Å². The molecule has 0 saturated carbocycles. The fourth-order valence-corrected chi connectivity index (χ4v) is 2.19. The van der Waals surface area contributed by atoms with Gasteiger partial charge in [-0.3, -0.25) is 0 Å². The molecule has 1 atom stereocenters. The van der Waals surface area contributed by atoms with E-state index < -0.39 is 11.5 Å². The lowest BCUT2D eigenvalue weighted by Gasteiger charge is -2.29. The molecule has 0 amide bonds. The second-order valence-electron chi connectivity index (χ2n) is 5.12. The van der Waals surface area contributed by atoms with Crippen LogP contribution in [0.2, 0.25) is 0 Å². The van der Waals surface area contributed by atoms with Crippen LogP contribution >= 0.6 is 0 Å². The summed E-state index contributed by atoms with van der Waals surface area (Å²) in [5, 5.41) is 3.07. The molecule has 0 radical (unpaired) electrons. The number of anilines is 1. The largest absolute Gasteiger partial charge is 0.467 e. The molecule has 0 heterocycles. The summed E-state index contributed by atoms with van der Waals surface area (Å²) < 4.78 is 18.2. The first kappa shape index (κ1) is 15.0. The van der Waals surface area contributed by atoms with Crippen LogP contribution in [-0.2, 0) is 15.1 Å². The van der Waals surface area contributed by atoms with Gasteiger partial charge < -0.3 is 10.1 Å². The molecule has 0 saturated heterocycles. The summed E-state index contributed by atoms with van der Waals surface area (Å²) >= 11 is 0. The maximum absolute atomic E-state index is 13.3. The van der Waals surface area contributed by atoms with Crippen LogP contribution in [0.3, 0.4) is 0 Å². The maximum atomic E-state index is 13.3. The molecule has 3 nitrogen and oxygen atoms in total. The van der Waals surface area contributed by atoms with Crippen LogP contribution in [0.5, 0.6) is 0 Å². The van der Waals surface area contributed by atoms with Crippen molar-refractivity contribution < 1.29 is 13.9 Å². The van der Waals surface area contributed by atoms with Gasteiger partial charge in [-0.2, -0.15) is 0 Å². The van der Waals surface area contributed by atoms with Gasteiger partial charge in [0.25, 0.3) is 0 Å². The van der Waals surface area contributed by atoms with E-state index in [1.807, 2.05) is 31.2 Å². The number of hydrogen-bond acceptors (Lipinski definition) is 3. The highest BCUT2D eigenvalue weighted by molar-refractivity contribution is 5.85. The van der Waals surface area contributed by atoms with E-state index in [0.29, 0.717) is 5.69 Å². The molecule has 0 aliphatic rings. The molecule has 2 aromatic rings. The minimum Gasteiger partial charge on any atom is -0.467 e. The van der Waals surface area contributed by atoms with Gasteiger partial charge in [0.2, 0.25) is 0 Å². The van der Waals surface area contributed by atoms with Crippen molar-refractivity contribution in [3.8, 4) is 0 Å². The number of esters is 1. The Hall–Kier alpha value is -2.36. The summed E-state index contributed by atoms with van der Waals surface area (Å²) in [5.41, 5.74) is 1.28. The van der Waals surface area contributed by atoms with Gasteiger partial charge in [0.1, 0.15) is 5.82 Å². The quantitative estimate of drug-likeness (QED) is 0.873. The molecule has 0 spiro atoms. The first-order valence-electron chi connectivity index (χ1n) is 6.65. The second-order valence-corrected chi connectivity index (χ2v) is 5.12. The predicted molar refractivity (Wildman–Crippen MR) is 80.6 cm³/mol. The van der Waals surface area contributed by atoms with E-state index >= 15 is 0 Å². The normalized spacial score (nSPS) is 13.3. The number of ether oxygens (including phenoxy) is 1. The van der Waals surface area contributed by atoms with Gasteiger partial charge in [0, 0.05) is 5.69 Å². The number of carbonyl (C=O) groups excluding carboxylic acids is 1.